The van der Waals surface area contributed by atoms with Crippen molar-refractivity contribution in [3.05, 3.63) is 24.8 Å². The van der Waals surface area contributed by atoms with E-state index in [1.165, 1.54) is 0 Å². The summed E-state index contributed by atoms with van der Waals surface area (Å²) in [5.74, 6) is 0.464. The van der Waals surface area contributed by atoms with Crippen LogP contribution in [-0.2, 0) is 9.47 Å². The lowest BCUT2D eigenvalue weighted by atomic mass is 10.2. The summed E-state index contributed by atoms with van der Waals surface area (Å²) in [6, 6.07) is 0. The molecule has 0 aliphatic carbocycles. The number of allylic oxidation sites excluding steroid dienone is 2. The second-order valence-electron chi connectivity index (χ2n) is 2.52. The first kappa shape index (κ1) is 9.78. The van der Waals surface area contributed by atoms with Gasteiger partial charge < -0.3 is 9.47 Å². The molecule has 0 bridgehead atoms. The maximum atomic E-state index is 5.69. The van der Waals surface area contributed by atoms with Crippen LogP contribution in [0.25, 0.3) is 0 Å². The van der Waals surface area contributed by atoms with Gasteiger partial charge in [-0.15, -0.1) is 11.6 Å². The van der Waals surface area contributed by atoms with Gasteiger partial charge in [-0.3, -0.25) is 0 Å². The van der Waals surface area contributed by atoms with Gasteiger partial charge >= 0.3 is 0 Å². The van der Waals surface area contributed by atoms with Gasteiger partial charge in [0.05, 0.1) is 19.1 Å². The predicted octanol–water partition coefficient (Wildman–Crippen LogP) is 1.75. The van der Waals surface area contributed by atoms with E-state index in [1.54, 1.807) is 6.08 Å². The Balaban J connectivity index is 2.46. The van der Waals surface area contributed by atoms with Crippen molar-refractivity contribution in [2.45, 2.75) is 12.2 Å². The zero-order chi connectivity index (χ0) is 8.81. The average molecular weight is 189 g/mol. The van der Waals surface area contributed by atoms with E-state index in [-0.39, 0.29) is 12.2 Å². The van der Waals surface area contributed by atoms with Crippen LogP contribution in [0.2, 0.25) is 0 Å². The van der Waals surface area contributed by atoms with Crippen molar-refractivity contribution in [1.29, 1.82) is 0 Å². The van der Waals surface area contributed by atoms with E-state index < -0.39 is 0 Å². The number of alkyl halides is 1. The third kappa shape index (κ3) is 2.63. The molecule has 1 aliphatic rings. The lowest BCUT2D eigenvalue weighted by molar-refractivity contribution is -0.111. The Bertz CT molecular complexity index is 168. The van der Waals surface area contributed by atoms with Crippen LogP contribution in [0.5, 0.6) is 0 Å². The molecular weight excluding hydrogens is 176 g/mol. The summed E-state index contributed by atoms with van der Waals surface area (Å²) < 4.78 is 10.8. The Hall–Kier alpha value is -0.310. The fraction of sp³-hybridized carbons (Fsp3) is 0.556. The molecule has 68 valence electrons. The van der Waals surface area contributed by atoms with Crippen LogP contribution in [0.15, 0.2) is 24.8 Å². The summed E-state index contributed by atoms with van der Waals surface area (Å²) in [4.78, 5) is 0. The smallest absolute Gasteiger partial charge is 0.103 e. The fourth-order valence-corrected chi connectivity index (χ4v) is 1.35. The lowest BCUT2D eigenvalue weighted by Gasteiger charge is -2.28. The quantitative estimate of drug-likeness (QED) is 0.496. The van der Waals surface area contributed by atoms with E-state index in [1.807, 2.05) is 12.2 Å². The van der Waals surface area contributed by atoms with E-state index in [2.05, 4.69) is 6.58 Å². The van der Waals surface area contributed by atoms with Crippen LogP contribution in [0, 0.1) is 0 Å². The zero-order valence-electron chi connectivity index (χ0n) is 6.91. The molecule has 12 heavy (non-hydrogen) atoms. The zero-order valence-corrected chi connectivity index (χ0v) is 7.67. The molecule has 0 radical (unpaired) electrons. The van der Waals surface area contributed by atoms with Crippen molar-refractivity contribution in [2.24, 2.45) is 0 Å². The first-order chi connectivity index (χ1) is 5.88. The maximum Gasteiger partial charge on any atom is 0.103 e. The van der Waals surface area contributed by atoms with E-state index >= 15 is 0 Å². The summed E-state index contributed by atoms with van der Waals surface area (Å²) in [5.41, 5.74) is 0. The molecule has 3 heteroatoms. The van der Waals surface area contributed by atoms with Gasteiger partial charge in [0.1, 0.15) is 12.2 Å². The van der Waals surface area contributed by atoms with E-state index in [0.717, 1.165) is 0 Å². The van der Waals surface area contributed by atoms with Crippen LogP contribution in [0.1, 0.15) is 0 Å². The standard InChI is InChI=1S/C9H13ClO2/c1-2-3-4-8-9(7-10)12-6-5-11-8/h2-4,8-9H,1,5-7H2/b4-3+/t8-,9-/m0/s1. The fourth-order valence-electron chi connectivity index (χ4n) is 1.09. The molecule has 0 N–H and O–H groups in total. The maximum absolute atomic E-state index is 5.69. The van der Waals surface area contributed by atoms with E-state index in [9.17, 15) is 0 Å². The van der Waals surface area contributed by atoms with Crippen LogP contribution in [0.3, 0.4) is 0 Å². The number of hydrogen-bond acceptors (Lipinski definition) is 2. The van der Waals surface area contributed by atoms with Crippen molar-refractivity contribution in [2.75, 3.05) is 19.1 Å². The number of hydrogen-bond donors (Lipinski definition) is 0. The monoisotopic (exact) mass is 188 g/mol. The minimum absolute atomic E-state index is 0.0170. The first-order valence-corrected chi connectivity index (χ1v) is 4.50. The molecule has 1 heterocycles. The highest BCUT2D eigenvalue weighted by Gasteiger charge is 2.23. The van der Waals surface area contributed by atoms with Crippen LogP contribution in [-0.4, -0.2) is 31.3 Å². The van der Waals surface area contributed by atoms with Gasteiger partial charge in [0, 0.05) is 0 Å². The SMILES string of the molecule is C=C/C=C/[C@@H]1OCCO[C@H]1CCl. The Labute approximate surface area is 77.8 Å². The van der Waals surface area contributed by atoms with Gasteiger partial charge in [-0.05, 0) is 0 Å². The van der Waals surface area contributed by atoms with Crippen LogP contribution >= 0.6 is 11.6 Å². The highest BCUT2D eigenvalue weighted by Crippen LogP contribution is 2.12. The molecule has 1 aliphatic heterocycles. The Morgan fingerprint density at radius 2 is 2.17 bits per heavy atom. The molecule has 0 unspecified atom stereocenters. The molecule has 0 aromatic heterocycles. The number of ether oxygens (including phenoxy) is 2. The van der Waals surface area contributed by atoms with Gasteiger partial charge in [0.25, 0.3) is 0 Å². The summed E-state index contributed by atoms with van der Waals surface area (Å²) in [6.07, 6.45) is 5.44. The topological polar surface area (TPSA) is 18.5 Å². The normalized spacial score (nSPS) is 30.8. The third-order valence-corrected chi connectivity index (χ3v) is 1.99. The summed E-state index contributed by atoms with van der Waals surface area (Å²) in [6.45, 7) is 4.85. The van der Waals surface area contributed by atoms with Gasteiger partial charge in [-0.2, -0.15) is 0 Å². The Morgan fingerprint density at radius 3 is 2.83 bits per heavy atom. The molecule has 1 rings (SSSR count). The van der Waals surface area contributed by atoms with E-state index in [4.69, 9.17) is 21.1 Å². The summed E-state index contributed by atoms with van der Waals surface area (Å²) in [5, 5.41) is 0. The Kier molecular flexibility index (Phi) is 4.36. The van der Waals surface area contributed by atoms with Gasteiger partial charge in [-0.25, -0.2) is 0 Å². The molecule has 0 aromatic carbocycles. The van der Waals surface area contributed by atoms with E-state index in [0.29, 0.717) is 19.1 Å². The molecule has 0 spiro atoms. The second kappa shape index (κ2) is 5.36. The molecular formula is C9H13ClO2. The van der Waals surface area contributed by atoms with Crippen LogP contribution in [0.4, 0.5) is 0 Å². The largest absolute Gasteiger partial charge is 0.372 e. The van der Waals surface area contributed by atoms with Gasteiger partial charge in [0.15, 0.2) is 0 Å². The van der Waals surface area contributed by atoms with Gasteiger partial charge in [0.2, 0.25) is 0 Å². The molecule has 1 fully saturated rings. The second-order valence-corrected chi connectivity index (χ2v) is 2.83. The first-order valence-electron chi connectivity index (χ1n) is 3.97. The minimum atomic E-state index is -0.0192. The third-order valence-electron chi connectivity index (χ3n) is 1.68. The molecule has 1 saturated heterocycles. The predicted molar refractivity (Wildman–Crippen MR) is 49.5 cm³/mol. The average Bonchev–Trinajstić information content (AvgIpc) is 2.15. The van der Waals surface area contributed by atoms with Crippen LogP contribution < -0.4 is 0 Å². The lowest BCUT2D eigenvalue weighted by Crippen LogP contribution is -2.38. The molecule has 0 amide bonds. The molecule has 2 nitrogen and oxygen atoms in total. The van der Waals surface area contributed by atoms with Gasteiger partial charge in [-0.1, -0.05) is 24.8 Å². The number of rotatable bonds is 3. The summed E-state index contributed by atoms with van der Waals surface area (Å²) in [7, 11) is 0. The molecule has 0 aromatic rings. The van der Waals surface area contributed by atoms with Crippen molar-refractivity contribution in [1.82, 2.24) is 0 Å². The number of halogens is 1. The molecule has 0 saturated carbocycles. The highest BCUT2D eigenvalue weighted by molar-refractivity contribution is 6.18. The minimum Gasteiger partial charge on any atom is -0.372 e. The van der Waals surface area contributed by atoms with Crippen molar-refractivity contribution in [3.8, 4) is 0 Å². The summed E-state index contributed by atoms with van der Waals surface area (Å²) >= 11 is 5.69. The van der Waals surface area contributed by atoms with Crippen molar-refractivity contribution in [3.63, 3.8) is 0 Å². The molecule has 2 atom stereocenters. The van der Waals surface area contributed by atoms with Crippen molar-refractivity contribution < 1.29 is 9.47 Å². The Morgan fingerprint density at radius 1 is 1.42 bits per heavy atom. The van der Waals surface area contributed by atoms with Crippen molar-refractivity contribution >= 4 is 11.6 Å². The highest BCUT2D eigenvalue weighted by atomic mass is 35.5.